The fourth-order valence-electron chi connectivity index (χ4n) is 2.09. The van der Waals surface area contributed by atoms with Crippen molar-refractivity contribution in [3.05, 3.63) is 35.4 Å². The van der Waals surface area contributed by atoms with Gasteiger partial charge in [0.2, 0.25) is 0 Å². The molecule has 1 nitrogen and oxygen atoms in total. The molecule has 15 heavy (non-hydrogen) atoms. The van der Waals surface area contributed by atoms with E-state index in [9.17, 15) is 13.6 Å². The Kier molecular flexibility index (Phi) is 2.80. The van der Waals surface area contributed by atoms with Crippen LogP contribution < -0.4 is 0 Å². The minimum absolute atomic E-state index is 0.0331. The summed E-state index contributed by atoms with van der Waals surface area (Å²) >= 11 is 0. The molecule has 1 aromatic rings. The van der Waals surface area contributed by atoms with Crippen LogP contribution in [0.2, 0.25) is 0 Å². The van der Waals surface area contributed by atoms with Crippen LogP contribution in [0.3, 0.4) is 0 Å². The second-order valence-corrected chi connectivity index (χ2v) is 3.93. The highest BCUT2D eigenvalue weighted by Crippen LogP contribution is 2.31. The summed E-state index contributed by atoms with van der Waals surface area (Å²) in [5.74, 6) is -1.36. The van der Waals surface area contributed by atoms with Crippen molar-refractivity contribution < 1.29 is 13.6 Å². The molecule has 80 valence electrons. The molecule has 3 heteroatoms. The van der Waals surface area contributed by atoms with E-state index < -0.39 is 17.6 Å². The van der Waals surface area contributed by atoms with Gasteiger partial charge in [-0.05, 0) is 31.0 Å². The van der Waals surface area contributed by atoms with E-state index in [1.54, 1.807) is 0 Å². The predicted molar refractivity (Wildman–Crippen MR) is 52.6 cm³/mol. The first-order valence-electron chi connectivity index (χ1n) is 5.16. The number of halogens is 2. The zero-order chi connectivity index (χ0) is 10.8. The van der Waals surface area contributed by atoms with Crippen LogP contribution in [0.5, 0.6) is 0 Å². The Morgan fingerprint density at radius 2 is 2.00 bits per heavy atom. The van der Waals surface area contributed by atoms with Crippen molar-refractivity contribution in [1.82, 2.24) is 0 Å². The third-order valence-corrected chi connectivity index (χ3v) is 2.89. The highest BCUT2D eigenvalue weighted by atomic mass is 19.1. The third-order valence-electron chi connectivity index (χ3n) is 2.89. The monoisotopic (exact) mass is 210 g/mol. The van der Waals surface area contributed by atoms with Crippen molar-refractivity contribution in [1.29, 1.82) is 0 Å². The summed E-state index contributed by atoms with van der Waals surface area (Å²) in [7, 11) is 0. The Hall–Kier alpha value is -1.25. The lowest BCUT2D eigenvalue weighted by Crippen LogP contribution is -2.18. The van der Waals surface area contributed by atoms with Crippen LogP contribution in [0.4, 0.5) is 8.78 Å². The van der Waals surface area contributed by atoms with Gasteiger partial charge in [-0.25, -0.2) is 8.78 Å². The number of carbonyl (C=O) groups excluding carboxylic acids is 1. The van der Waals surface area contributed by atoms with Crippen molar-refractivity contribution in [2.24, 2.45) is 0 Å². The Bertz CT molecular complexity index is 387. The van der Waals surface area contributed by atoms with Crippen LogP contribution in [0.15, 0.2) is 18.2 Å². The topological polar surface area (TPSA) is 17.1 Å². The molecule has 0 heterocycles. The van der Waals surface area contributed by atoms with Crippen LogP contribution in [-0.4, -0.2) is 5.78 Å². The third kappa shape index (κ3) is 2.06. The maximum atomic E-state index is 13.4. The molecule has 2 rings (SSSR count). The molecule has 0 bridgehead atoms. The summed E-state index contributed by atoms with van der Waals surface area (Å²) in [6.45, 7) is 0. The average Bonchev–Trinajstić information content (AvgIpc) is 2.23. The van der Waals surface area contributed by atoms with E-state index in [0.29, 0.717) is 12.8 Å². The number of ketones is 1. The normalized spacial score (nSPS) is 21.7. The van der Waals surface area contributed by atoms with Gasteiger partial charge in [0.25, 0.3) is 0 Å². The number of carbonyl (C=O) groups is 1. The summed E-state index contributed by atoms with van der Waals surface area (Å²) in [5, 5.41) is 0. The summed E-state index contributed by atoms with van der Waals surface area (Å²) < 4.78 is 26.4. The smallest absolute Gasteiger partial charge is 0.140 e. The first-order valence-corrected chi connectivity index (χ1v) is 5.16. The van der Waals surface area contributed by atoms with Crippen LogP contribution in [0, 0.1) is 11.6 Å². The van der Waals surface area contributed by atoms with Gasteiger partial charge in [-0.3, -0.25) is 4.79 Å². The number of hydrogen-bond donors (Lipinski definition) is 0. The van der Waals surface area contributed by atoms with Gasteiger partial charge >= 0.3 is 0 Å². The Morgan fingerprint density at radius 1 is 1.20 bits per heavy atom. The first-order chi connectivity index (χ1) is 7.18. The van der Waals surface area contributed by atoms with Crippen molar-refractivity contribution in [3.63, 3.8) is 0 Å². The van der Waals surface area contributed by atoms with Crippen LogP contribution in [0.25, 0.3) is 0 Å². The van der Waals surface area contributed by atoms with E-state index in [-0.39, 0.29) is 11.3 Å². The molecule has 0 aromatic heterocycles. The molecule has 1 atom stereocenters. The van der Waals surface area contributed by atoms with E-state index >= 15 is 0 Å². The lowest BCUT2D eigenvalue weighted by atomic mass is 9.83. The van der Waals surface area contributed by atoms with Crippen molar-refractivity contribution in [2.75, 3.05) is 0 Å². The standard InChI is InChI=1S/C12H12F2O/c13-8-5-6-11(14)10(7-8)9-3-1-2-4-12(9)15/h5-7,9H,1-4H2. The van der Waals surface area contributed by atoms with E-state index in [1.807, 2.05) is 0 Å². The maximum Gasteiger partial charge on any atom is 0.140 e. The summed E-state index contributed by atoms with van der Waals surface area (Å²) in [4.78, 5) is 11.6. The van der Waals surface area contributed by atoms with Gasteiger partial charge in [0.15, 0.2) is 0 Å². The van der Waals surface area contributed by atoms with Crippen LogP contribution in [-0.2, 0) is 4.79 Å². The van der Waals surface area contributed by atoms with Gasteiger partial charge in [0.05, 0.1) is 0 Å². The van der Waals surface area contributed by atoms with Crippen molar-refractivity contribution in [3.8, 4) is 0 Å². The average molecular weight is 210 g/mol. The highest BCUT2D eigenvalue weighted by Gasteiger charge is 2.26. The molecule has 1 fully saturated rings. The molecule has 1 aliphatic rings. The second kappa shape index (κ2) is 4.09. The highest BCUT2D eigenvalue weighted by molar-refractivity contribution is 5.86. The fraction of sp³-hybridized carbons (Fsp3) is 0.417. The van der Waals surface area contributed by atoms with Crippen LogP contribution in [0.1, 0.15) is 37.2 Å². The molecule has 1 aromatic carbocycles. The van der Waals surface area contributed by atoms with Crippen LogP contribution >= 0.6 is 0 Å². The minimum Gasteiger partial charge on any atom is -0.299 e. The number of benzene rings is 1. The Morgan fingerprint density at radius 3 is 2.73 bits per heavy atom. The van der Waals surface area contributed by atoms with Gasteiger partial charge in [-0.2, -0.15) is 0 Å². The molecule has 0 saturated heterocycles. The van der Waals surface area contributed by atoms with E-state index in [0.717, 1.165) is 31.0 Å². The van der Waals surface area contributed by atoms with Gasteiger partial charge in [0, 0.05) is 17.9 Å². The van der Waals surface area contributed by atoms with Gasteiger partial charge in [-0.1, -0.05) is 6.42 Å². The van der Waals surface area contributed by atoms with E-state index in [4.69, 9.17) is 0 Å². The summed E-state index contributed by atoms with van der Waals surface area (Å²) in [5.41, 5.74) is 0.222. The lowest BCUT2D eigenvalue weighted by Gasteiger charge is -2.21. The van der Waals surface area contributed by atoms with Gasteiger partial charge < -0.3 is 0 Å². The lowest BCUT2D eigenvalue weighted by molar-refractivity contribution is -0.121. The quantitative estimate of drug-likeness (QED) is 0.695. The molecular weight excluding hydrogens is 198 g/mol. The molecule has 1 saturated carbocycles. The predicted octanol–water partition coefficient (Wildman–Crippen LogP) is 3.19. The first kappa shape index (κ1) is 10.3. The Labute approximate surface area is 87.1 Å². The molecule has 1 unspecified atom stereocenters. The van der Waals surface area contributed by atoms with Gasteiger partial charge in [0.1, 0.15) is 17.4 Å². The largest absolute Gasteiger partial charge is 0.299 e. The van der Waals surface area contributed by atoms with Crippen molar-refractivity contribution in [2.45, 2.75) is 31.6 Å². The van der Waals surface area contributed by atoms with E-state index in [1.165, 1.54) is 0 Å². The SMILES string of the molecule is O=C1CCCCC1c1cc(F)ccc1F. The molecule has 0 amide bonds. The van der Waals surface area contributed by atoms with E-state index in [2.05, 4.69) is 0 Å². The summed E-state index contributed by atoms with van der Waals surface area (Å²) in [6, 6.07) is 3.31. The zero-order valence-corrected chi connectivity index (χ0v) is 8.30. The summed E-state index contributed by atoms with van der Waals surface area (Å²) in [6.07, 6.45) is 2.90. The molecule has 0 N–H and O–H groups in total. The number of hydrogen-bond acceptors (Lipinski definition) is 1. The van der Waals surface area contributed by atoms with Crippen molar-refractivity contribution >= 4 is 5.78 Å². The molecule has 0 spiro atoms. The van der Waals surface area contributed by atoms with Gasteiger partial charge in [-0.15, -0.1) is 0 Å². The second-order valence-electron chi connectivity index (χ2n) is 3.93. The molecule has 0 aliphatic heterocycles. The Balaban J connectivity index is 2.34. The molecular formula is C12H12F2O. The minimum atomic E-state index is -0.482. The fourth-order valence-corrected chi connectivity index (χ4v) is 2.09. The zero-order valence-electron chi connectivity index (χ0n) is 8.30. The maximum absolute atomic E-state index is 13.4. The molecule has 0 radical (unpaired) electrons. The molecule has 1 aliphatic carbocycles. The number of Topliss-reactive ketones (excluding diaryl/α,β-unsaturated/α-hetero) is 1. The number of rotatable bonds is 1.